The van der Waals surface area contributed by atoms with E-state index in [0.29, 0.717) is 18.6 Å². The van der Waals surface area contributed by atoms with Crippen molar-refractivity contribution in [1.29, 1.82) is 0 Å². The van der Waals surface area contributed by atoms with Crippen molar-refractivity contribution in [2.45, 2.75) is 180 Å². The molecule has 1 saturated heterocycles. The molecule has 0 bridgehead atoms. The summed E-state index contributed by atoms with van der Waals surface area (Å²) >= 11 is 0. The third-order valence-corrected chi connectivity index (χ3v) is 9.86. The highest BCUT2D eigenvalue weighted by atomic mass is 31.2. The SMILES string of the molecule is CCCCC/C=C\CC1OC1C/C=C\C/C=C\CCCC(=O)O[C@H](CO/C=C/CCCCCC/C=C\CCCCCCCC)COP(=O)(O)OCCN. The van der Waals surface area contributed by atoms with E-state index in [9.17, 15) is 14.3 Å². The van der Waals surface area contributed by atoms with E-state index in [-0.39, 0.29) is 32.8 Å². The molecule has 1 aliphatic heterocycles. The van der Waals surface area contributed by atoms with Crippen molar-refractivity contribution in [3.63, 3.8) is 0 Å². The number of rotatable bonds is 38. The second-order valence-electron chi connectivity index (χ2n) is 13.9. The Bertz CT molecular complexity index is 1060. The highest BCUT2D eigenvalue weighted by Gasteiger charge is 2.36. The maximum absolute atomic E-state index is 12.6. The van der Waals surface area contributed by atoms with Gasteiger partial charge in [0.05, 0.1) is 31.7 Å². The average Bonchev–Trinajstić information content (AvgIpc) is 3.90. The van der Waals surface area contributed by atoms with E-state index in [4.69, 9.17) is 29.0 Å². The minimum Gasteiger partial charge on any atom is -0.498 e. The molecule has 0 aromatic carbocycles. The van der Waals surface area contributed by atoms with Gasteiger partial charge in [0, 0.05) is 13.0 Å². The predicted molar refractivity (Wildman–Crippen MR) is 219 cm³/mol. The second kappa shape index (κ2) is 35.7. The van der Waals surface area contributed by atoms with Gasteiger partial charge in [-0.2, -0.15) is 0 Å². The van der Waals surface area contributed by atoms with Crippen LogP contribution in [0.15, 0.2) is 60.9 Å². The molecule has 0 aromatic heterocycles. The first-order valence-corrected chi connectivity index (χ1v) is 22.4. The Morgan fingerprint density at radius 1 is 0.679 bits per heavy atom. The highest BCUT2D eigenvalue weighted by molar-refractivity contribution is 7.47. The van der Waals surface area contributed by atoms with Crippen LogP contribution in [0.1, 0.15) is 162 Å². The zero-order valence-corrected chi connectivity index (χ0v) is 34.3. The van der Waals surface area contributed by atoms with Crippen LogP contribution in [0.3, 0.4) is 0 Å². The van der Waals surface area contributed by atoms with Crippen molar-refractivity contribution in [2.24, 2.45) is 5.73 Å². The molecule has 0 amide bonds. The number of phosphoric ester groups is 1. The van der Waals surface area contributed by atoms with Gasteiger partial charge >= 0.3 is 13.8 Å². The third kappa shape index (κ3) is 33.1. The maximum atomic E-state index is 12.6. The molecular formula is C43H76NO8P. The van der Waals surface area contributed by atoms with Gasteiger partial charge in [-0.05, 0) is 89.5 Å². The van der Waals surface area contributed by atoms with Crippen LogP contribution >= 0.6 is 7.82 Å². The summed E-state index contributed by atoms with van der Waals surface area (Å²) < 4.78 is 38.8. The summed E-state index contributed by atoms with van der Waals surface area (Å²) in [4.78, 5) is 22.4. The lowest BCUT2D eigenvalue weighted by Crippen LogP contribution is -2.27. The van der Waals surface area contributed by atoms with E-state index in [1.807, 2.05) is 6.08 Å². The molecule has 1 heterocycles. The molecule has 9 nitrogen and oxygen atoms in total. The molecule has 53 heavy (non-hydrogen) atoms. The number of epoxide rings is 1. The molecule has 0 saturated carbocycles. The first kappa shape index (κ1) is 49.0. The summed E-state index contributed by atoms with van der Waals surface area (Å²) in [5, 5.41) is 0. The molecular weight excluding hydrogens is 689 g/mol. The Morgan fingerprint density at radius 2 is 1.19 bits per heavy atom. The highest BCUT2D eigenvalue weighted by Crippen LogP contribution is 2.43. The normalized spacial score (nSPS) is 17.9. The zero-order valence-electron chi connectivity index (χ0n) is 33.4. The number of carbonyl (C=O) groups is 1. The Kier molecular flexibility index (Phi) is 33.0. The fourth-order valence-corrected chi connectivity index (χ4v) is 6.40. The van der Waals surface area contributed by atoms with Gasteiger partial charge in [-0.25, -0.2) is 4.57 Å². The molecule has 0 aromatic rings. The third-order valence-electron chi connectivity index (χ3n) is 8.87. The van der Waals surface area contributed by atoms with Gasteiger partial charge in [0.1, 0.15) is 6.61 Å². The van der Waals surface area contributed by atoms with Gasteiger partial charge in [-0.1, -0.05) is 120 Å². The van der Waals surface area contributed by atoms with Gasteiger partial charge in [0.15, 0.2) is 6.10 Å². The van der Waals surface area contributed by atoms with Gasteiger partial charge in [-0.15, -0.1) is 0 Å². The van der Waals surface area contributed by atoms with Crippen molar-refractivity contribution >= 4 is 13.8 Å². The quantitative estimate of drug-likeness (QED) is 0.0157. The van der Waals surface area contributed by atoms with Gasteiger partial charge < -0.3 is 24.8 Å². The fourth-order valence-electron chi connectivity index (χ4n) is 5.64. The fraction of sp³-hybridized carbons (Fsp3) is 0.744. The number of nitrogens with two attached hydrogens (primary N) is 1. The molecule has 3 unspecified atom stereocenters. The average molecular weight is 766 g/mol. The van der Waals surface area contributed by atoms with E-state index < -0.39 is 19.9 Å². The van der Waals surface area contributed by atoms with Crippen LogP contribution in [0.4, 0.5) is 0 Å². The smallest absolute Gasteiger partial charge is 0.472 e. The van der Waals surface area contributed by atoms with Gasteiger partial charge in [0.2, 0.25) is 0 Å². The Balaban J connectivity index is 2.22. The van der Waals surface area contributed by atoms with Crippen molar-refractivity contribution < 1.29 is 37.5 Å². The molecule has 0 aliphatic carbocycles. The number of esters is 1. The molecule has 1 aliphatic rings. The van der Waals surface area contributed by atoms with Crippen LogP contribution in [0, 0.1) is 0 Å². The number of phosphoric acid groups is 1. The molecule has 0 spiro atoms. The summed E-state index contributed by atoms with van der Waals surface area (Å²) in [5.41, 5.74) is 5.35. The monoisotopic (exact) mass is 766 g/mol. The topological polar surface area (TPSA) is 130 Å². The molecule has 4 atom stereocenters. The van der Waals surface area contributed by atoms with Crippen LogP contribution in [-0.4, -0.2) is 55.5 Å². The summed E-state index contributed by atoms with van der Waals surface area (Å²) in [6, 6.07) is 0. The van der Waals surface area contributed by atoms with Crippen LogP contribution in [0.2, 0.25) is 0 Å². The van der Waals surface area contributed by atoms with E-state index in [2.05, 4.69) is 62.5 Å². The van der Waals surface area contributed by atoms with Crippen molar-refractivity contribution in [1.82, 2.24) is 0 Å². The van der Waals surface area contributed by atoms with E-state index in [1.54, 1.807) is 6.26 Å². The predicted octanol–water partition coefficient (Wildman–Crippen LogP) is 11.5. The molecule has 306 valence electrons. The van der Waals surface area contributed by atoms with Crippen LogP contribution in [-0.2, 0) is 32.6 Å². The standard InChI is InChI=1S/C43H76NO8P/c1-3-5-7-9-11-12-13-14-15-16-17-18-19-23-27-31-36-48-38-40(39-50-53(46,47)49-37-35-44)51-43(45)34-30-26-22-20-21-25-29-33-42-41(52-42)32-28-24-10-8-6-4-2/h14-15,20,22,24-25,28-29,31,36,40-42H,3-13,16-19,21,23,26-27,30,32-35,37-39,44H2,1-2H3,(H,46,47)/b15-14-,22-20-,28-24-,29-25-,36-31+/t40-,41?,42?/m1/s1. The number of ether oxygens (including phenoxy) is 3. The molecule has 3 N–H and O–H groups in total. The summed E-state index contributed by atoms with van der Waals surface area (Å²) in [5.74, 6) is -0.415. The van der Waals surface area contributed by atoms with Gasteiger partial charge in [-0.3, -0.25) is 13.8 Å². The lowest BCUT2D eigenvalue weighted by Gasteiger charge is -2.19. The Morgan fingerprint density at radius 3 is 1.85 bits per heavy atom. The van der Waals surface area contributed by atoms with Crippen LogP contribution in [0.25, 0.3) is 0 Å². The van der Waals surface area contributed by atoms with E-state index in [1.165, 1.54) is 83.5 Å². The largest absolute Gasteiger partial charge is 0.498 e. The number of hydrogen-bond acceptors (Lipinski definition) is 8. The van der Waals surface area contributed by atoms with E-state index in [0.717, 1.165) is 51.4 Å². The zero-order chi connectivity index (χ0) is 38.5. The first-order valence-electron chi connectivity index (χ1n) is 20.9. The molecule has 1 fully saturated rings. The number of allylic oxidation sites excluding steroid dienone is 7. The number of carbonyl (C=O) groups excluding carboxylic acids is 1. The summed E-state index contributed by atoms with van der Waals surface area (Å²) in [7, 11) is -4.32. The molecule has 10 heteroatoms. The summed E-state index contributed by atoms with van der Waals surface area (Å²) in [6.07, 6.45) is 46.5. The van der Waals surface area contributed by atoms with Gasteiger partial charge in [0.25, 0.3) is 0 Å². The minimum atomic E-state index is -4.32. The van der Waals surface area contributed by atoms with Crippen LogP contribution < -0.4 is 5.73 Å². The molecule has 1 rings (SSSR count). The van der Waals surface area contributed by atoms with E-state index >= 15 is 0 Å². The Labute approximate surface area is 323 Å². The number of unbranched alkanes of at least 4 members (excludes halogenated alkanes) is 15. The summed E-state index contributed by atoms with van der Waals surface area (Å²) in [6.45, 7) is 4.10. The molecule has 0 radical (unpaired) electrons. The van der Waals surface area contributed by atoms with Crippen molar-refractivity contribution in [2.75, 3.05) is 26.4 Å². The van der Waals surface area contributed by atoms with Crippen molar-refractivity contribution in [3.05, 3.63) is 60.9 Å². The van der Waals surface area contributed by atoms with Crippen molar-refractivity contribution in [3.8, 4) is 0 Å². The van der Waals surface area contributed by atoms with Crippen LogP contribution in [0.5, 0.6) is 0 Å². The first-order chi connectivity index (χ1) is 25.9. The second-order valence-corrected chi connectivity index (χ2v) is 15.4. The lowest BCUT2D eigenvalue weighted by molar-refractivity contribution is -0.153. The number of hydrogen-bond donors (Lipinski definition) is 2. The maximum Gasteiger partial charge on any atom is 0.472 e. The Hall–Kier alpha value is -2.00. The lowest BCUT2D eigenvalue weighted by atomic mass is 10.1. The minimum absolute atomic E-state index is 0.00116.